The first-order valence-corrected chi connectivity index (χ1v) is 30.4. The number of hydrogen-bond donors (Lipinski definition) is 4. The van der Waals surface area contributed by atoms with Gasteiger partial charge >= 0.3 is 5.97 Å². The number of rotatable bonds is 11. The van der Waals surface area contributed by atoms with E-state index in [1.165, 1.54) is 75.0 Å². The van der Waals surface area contributed by atoms with Gasteiger partial charge in [0.2, 0.25) is 0 Å². The zero-order valence-electron chi connectivity index (χ0n) is 56.3. The zero-order valence-corrected chi connectivity index (χ0v) is 58.2. The molecule has 1 spiro atoms. The van der Waals surface area contributed by atoms with Crippen molar-refractivity contribution in [2.45, 2.75) is 82.7 Å². The predicted molar refractivity (Wildman–Crippen MR) is 363 cm³/mol. The van der Waals surface area contributed by atoms with Gasteiger partial charge in [0.25, 0.3) is 46.9 Å². The first-order chi connectivity index (χ1) is 46.8. The standard InChI is InChI=1S/C23H21FN4O2S.C14H16FN3O.C9H9FN2O3.C9H11FN2O.C7H4FNO4.C4H6O.C2H4O2.Fe/c1-14-12-15(7-9-19(14)25-2)27-21(30)23(10-5-11-23)28(22(27)31)16-6-8-17(18(24)13-16)20(29)26(3)4;1-18(2)13(19)11-5-4-10(8-12(11)15)17-14(9-16)6-3-7-14;1-11(2)9(13)7-4-3-6(12(14)15)5-8(7)10;1-12(2)9(13)7-4-3-6(11)5-8(7)10;8-6-3-4(9(12)13)1-2-5(6)7(10)11;5-4-2-1-3-4;1-2(3)4;/h6-9,12-13H,5,10-11H2,1,3-4H3;4-5,8,17H,3,6-7H2,1-2H3;3-5H,1-2H3;3-5H,11H2,1-2H3;1-3H,(H,10,11);1-3H2;1H3,(H,3,4);. The van der Waals surface area contributed by atoms with Crippen LogP contribution in [0.25, 0.3) is 4.85 Å². The van der Waals surface area contributed by atoms with Crippen molar-refractivity contribution >= 4 is 104 Å². The number of ketones is 1. The number of carboxylic acids is 2. The summed E-state index contributed by atoms with van der Waals surface area (Å²) < 4.78 is 67.9. The Morgan fingerprint density at radius 3 is 1.32 bits per heavy atom. The third-order valence-electron chi connectivity index (χ3n) is 15.1. The van der Waals surface area contributed by atoms with Crippen molar-refractivity contribution in [3.63, 3.8) is 0 Å². The molecule has 0 unspecified atom stereocenters. The fourth-order valence-corrected chi connectivity index (χ4v) is 9.81. The summed E-state index contributed by atoms with van der Waals surface area (Å²) in [5, 5.41) is 48.7. The smallest absolute Gasteiger partial charge is 0.338 e. The number of carbonyl (C=O) groups is 8. The van der Waals surface area contributed by atoms with Crippen molar-refractivity contribution in [3.8, 4) is 6.07 Å². The Labute approximate surface area is 593 Å². The molecule has 4 fully saturated rings. The number of carbonyl (C=O) groups excluding carboxylic acids is 6. The number of aryl methyl sites for hydroxylation is 1. The van der Waals surface area contributed by atoms with Crippen LogP contribution < -0.4 is 20.9 Å². The first kappa shape index (κ1) is 83.9. The number of non-ortho nitro benzene ring substituents is 2. The largest absolute Gasteiger partial charge is 0.481 e. The second-order valence-corrected chi connectivity index (χ2v) is 23.7. The number of aromatic carboxylic acids is 1. The van der Waals surface area contributed by atoms with E-state index in [4.69, 9.17) is 44.8 Å². The van der Waals surface area contributed by atoms with Gasteiger partial charge in [0.05, 0.1) is 62.4 Å². The molecule has 4 aliphatic rings. The fraction of sp³-hybridized carbons (Fsp3) is 0.309. The molecule has 536 valence electrons. The summed E-state index contributed by atoms with van der Waals surface area (Å²) >= 11 is 5.70. The van der Waals surface area contributed by atoms with Crippen LogP contribution in [0.3, 0.4) is 0 Å². The molecule has 26 nitrogen and oxygen atoms in total. The number of anilines is 4. The molecule has 0 radical (unpaired) electrons. The maximum Gasteiger partial charge on any atom is 0.338 e. The minimum Gasteiger partial charge on any atom is -0.481 e. The number of carboxylic acid groups (broad SMARTS) is 2. The number of nitrogens with two attached hydrogens (primary N) is 1. The minimum atomic E-state index is -1.45. The second-order valence-electron chi connectivity index (χ2n) is 23.4. The maximum atomic E-state index is 14.8. The van der Waals surface area contributed by atoms with Crippen LogP contribution >= 0.6 is 12.2 Å². The molecule has 6 aromatic rings. The SMILES string of the molecule is CC(=O)O.CN(C)C(=O)c1ccc(N)cc1F.CN(C)C(=O)c1ccc(NC2(C#N)CCC2)cc1F.CN(C)C(=O)c1ccc([N+](=O)[O-])cc1F.O=C(O)c1ccc([N+](=O)[O-])cc1F.O=C1CCC1.[C-]#[N+]c1ccc(N2C(=O)C3(CCC3)N(c3ccc(C(=O)N(C)C)c(F)c3)C2=S)cc1C.[Fe]. The third kappa shape index (κ3) is 21.9. The number of nitrogens with zero attached hydrogens (tertiary/aromatic N) is 10. The van der Waals surface area contributed by atoms with E-state index < -0.39 is 85.0 Å². The molecule has 5 amide bonds. The molecule has 10 rings (SSSR count). The summed E-state index contributed by atoms with van der Waals surface area (Å²) in [4.78, 5) is 120. The number of nitriles is 1. The summed E-state index contributed by atoms with van der Waals surface area (Å²) in [6.07, 6.45) is 7.46. The Morgan fingerprint density at radius 2 is 1.00 bits per heavy atom. The molecule has 1 heterocycles. The van der Waals surface area contributed by atoms with Gasteiger partial charge in [-0.25, -0.2) is 31.6 Å². The van der Waals surface area contributed by atoms with Crippen LogP contribution in [0.1, 0.15) is 122 Å². The van der Waals surface area contributed by atoms with Gasteiger partial charge in [-0.05, 0) is 149 Å². The second kappa shape index (κ2) is 37.1. The summed E-state index contributed by atoms with van der Waals surface area (Å²) in [6, 6.07) is 25.4. The molecule has 101 heavy (non-hydrogen) atoms. The van der Waals surface area contributed by atoms with Gasteiger partial charge < -0.3 is 45.8 Å². The fourth-order valence-electron chi connectivity index (χ4n) is 9.34. The van der Waals surface area contributed by atoms with E-state index in [-0.39, 0.29) is 67.8 Å². The number of nitrogen functional groups attached to an aromatic ring is 1. The first-order valence-electron chi connectivity index (χ1n) is 30.0. The van der Waals surface area contributed by atoms with Gasteiger partial charge in [0.15, 0.2) is 10.8 Å². The monoisotopic (exact) mass is 1460 g/mol. The number of benzene rings is 6. The van der Waals surface area contributed by atoms with E-state index >= 15 is 0 Å². The van der Waals surface area contributed by atoms with E-state index in [1.807, 2.05) is 6.92 Å². The van der Waals surface area contributed by atoms with Crippen LogP contribution in [0, 0.1) is 74.1 Å². The molecule has 3 aliphatic carbocycles. The number of halogens is 5. The quantitative estimate of drug-likeness (QED) is 0.0178. The van der Waals surface area contributed by atoms with Crippen molar-refractivity contribution in [2.24, 2.45) is 0 Å². The van der Waals surface area contributed by atoms with Crippen LogP contribution in [0.2, 0.25) is 0 Å². The van der Waals surface area contributed by atoms with Crippen molar-refractivity contribution in [3.05, 3.63) is 203 Å². The molecule has 33 heteroatoms. The number of Topliss-reactive ketones (excluding diaryl/α,β-unsaturated/α-hetero) is 1. The predicted octanol–water partition coefficient (Wildman–Crippen LogP) is 11.6. The summed E-state index contributed by atoms with van der Waals surface area (Å²) in [7, 11) is 12.4. The van der Waals surface area contributed by atoms with Crippen molar-refractivity contribution < 1.29 is 97.4 Å². The number of hydrogen-bond acceptors (Lipinski definition) is 16. The van der Waals surface area contributed by atoms with Gasteiger partial charge in [-0.3, -0.25) is 58.7 Å². The summed E-state index contributed by atoms with van der Waals surface area (Å²) in [6.45, 7) is 10.1. The normalized spacial score (nSPS) is 13.5. The molecule has 6 aromatic carbocycles. The number of nitrogens with one attached hydrogen (secondary N) is 1. The Hall–Kier alpha value is -11.3. The number of nitro groups is 2. The van der Waals surface area contributed by atoms with Gasteiger partial charge in [-0.15, -0.1) is 0 Å². The van der Waals surface area contributed by atoms with Gasteiger partial charge in [0.1, 0.15) is 45.9 Å². The molecule has 0 atom stereocenters. The molecule has 0 bridgehead atoms. The van der Waals surface area contributed by atoms with E-state index in [9.17, 15) is 75.7 Å². The Balaban J connectivity index is 0.000000330. The van der Waals surface area contributed by atoms with Gasteiger partial charge in [-0.1, -0.05) is 6.07 Å². The Morgan fingerprint density at radius 1 is 0.614 bits per heavy atom. The van der Waals surface area contributed by atoms with E-state index in [2.05, 4.69) is 16.2 Å². The summed E-state index contributed by atoms with van der Waals surface area (Å²) in [5.41, 5.74) is 5.53. The zero-order chi connectivity index (χ0) is 75.4. The van der Waals surface area contributed by atoms with Crippen LogP contribution in [0.5, 0.6) is 0 Å². The van der Waals surface area contributed by atoms with Crippen LogP contribution in [-0.4, -0.2) is 159 Å². The minimum absolute atomic E-state index is 0. The number of thiocarbonyl (C=S) groups is 1. The Bertz CT molecular complexity index is 4250. The Kier molecular flexibility index (Phi) is 30.8. The summed E-state index contributed by atoms with van der Waals surface area (Å²) in [5.74, 6) is -7.50. The van der Waals surface area contributed by atoms with E-state index in [0.29, 0.717) is 53.1 Å². The van der Waals surface area contributed by atoms with Crippen molar-refractivity contribution in [1.82, 2.24) is 19.6 Å². The maximum absolute atomic E-state index is 14.8. The molecule has 3 saturated carbocycles. The van der Waals surface area contributed by atoms with Crippen molar-refractivity contribution in [1.29, 1.82) is 5.26 Å². The topological polar surface area (TPSA) is 349 Å². The average Bonchev–Trinajstić information content (AvgIpc) is 1.56. The number of nitro benzene ring substituents is 2. The van der Waals surface area contributed by atoms with Crippen molar-refractivity contribution in [2.75, 3.05) is 77.2 Å². The molecular weight excluding hydrogens is 1390 g/mol. The van der Waals surface area contributed by atoms with Crippen LogP contribution in [-0.2, 0) is 31.5 Å². The third-order valence-corrected chi connectivity index (χ3v) is 15.5. The molecule has 0 aromatic heterocycles. The molecule has 5 N–H and O–H groups in total. The van der Waals surface area contributed by atoms with E-state index in [1.54, 1.807) is 77.5 Å². The number of aliphatic carboxylic acids is 1. The molecular formula is C68H71F5FeN12O14S. The average molecular weight is 1460 g/mol. The van der Waals surface area contributed by atoms with Crippen LogP contribution in [0.4, 0.5) is 61.8 Å². The van der Waals surface area contributed by atoms with E-state index in [0.717, 1.165) is 93.8 Å². The van der Waals surface area contributed by atoms with Gasteiger partial charge in [-0.2, -0.15) is 5.26 Å². The number of amides is 5. The molecule has 1 aliphatic heterocycles. The van der Waals surface area contributed by atoms with Gasteiger partial charge in [0, 0.05) is 128 Å². The van der Waals surface area contributed by atoms with Crippen LogP contribution in [0.15, 0.2) is 109 Å². The molecule has 1 saturated heterocycles.